The van der Waals surface area contributed by atoms with Crippen LogP contribution in [-0.2, 0) is 0 Å². The van der Waals surface area contributed by atoms with E-state index in [9.17, 15) is 4.79 Å². The van der Waals surface area contributed by atoms with Gasteiger partial charge in [0.15, 0.2) is 5.78 Å². The Labute approximate surface area is 92.2 Å². The van der Waals surface area contributed by atoms with E-state index in [1.54, 1.807) is 12.3 Å². The molecule has 3 N–H and O–H groups in total. The maximum Gasteiger partial charge on any atom is 0.166 e. The number of nitrogens with two attached hydrogens (primary N) is 1. The van der Waals surface area contributed by atoms with Gasteiger partial charge in [-0.15, -0.1) is 0 Å². The Hall–Kier alpha value is -1.32. The first-order valence-electron chi connectivity index (χ1n) is 4.73. The van der Waals surface area contributed by atoms with Crippen molar-refractivity contribution in [3.05, 3.63) is 35.0 Å². The minimum absolute atomic E-state index is 0.0472. The summed E-state index contributed by atoms with van der Waals surface area (Å²) in [5.41, 5.74) is 6.82. The van der Waals surface area contributed by atoms with Gasteiger partial charge in [0.1, 0.15) is 0 Å². The molecule has 1 aromatic carbocycles. The molecular weight excluding hydrogens is 212 g/mol. The maximum atomic E-state index is 11.7. The van der Waals surface area contributed by atoms with Gasteiger partial charge >= 0.3 is 0 Å². The number of rotatable bonds is 3. The Balaban J connectivity index is 2.54. The zero-order chi connectivity index (χ0) is 10.8. The molecule has 0 aliphatic rings. The third-order valence-corrected chi connectivity index (χ3v) is 2.65. The predicted molar refractivity (Wildman–Crippen MR) is 61.3 cm³/mol. The number of hydrogen-bond donors (Lipinski definition) is 2. The smallest absolute Gasteiger partial charge is 0.166 e. The molecule has 0 atom stereocenters. The van der Waals surface area contributed by atoms with Crippen LogP contribution >= 0.6 is 11.6 Å². The number of aromatic nitrogens is 1. The summed E-state index contributed by atoms with van der Waals surface area (Å²) in [6.45, 7) is 0.367. The van der Waals surface area contributed by atoms with Crippen molar-refractivity contribution >= 4 is 28.3 Å². The van der Waals surface area contributed by atoms with E-state index in [4.69, 9.17) is 17.3 Å². The lowest BCUT2D eigenvalue weighted by Gasteiger charge is -1.97. The van der Waals surface area contributed by atoms with Gasteiger partial charge in [0.05, 0.1) is 10.5 Å². The van der Waals surface area contributed by atoms with E-state index < -0.39 is 0 Å². The van der Waals surface area contributed by atoms with E-state index in [2.05, 4.69) is 4.98 Å². The molecule has 0 amide bonds. The number of H-pyrrole nitrogens is 1. The van der Waals surface area contributed by atoms with Crippen molar-refractivity contribution in [1.82, 2.24) is 4.98 Å². The highest BCUT2D eigenvalue weighted by atomic mass is 35.5. The van der Waals surface area contributed by atoms with Crippen LogP contribution in [0.25, 0.3) is 10.9 Å². The summed E-state index contributed by atoms with van der Waals surface area (Å²) >= 11 is 5.98. The predicted octanol–water partition coefficient (Wildman–Crippen LogP) is 2.35. The van der Waals surface area contributed by atoms with E-state index in [0.717, 1.165) is 10.9 Å². The summed E-state index contributed by atoms with van der Waals surface area (Å²) in [5.74, 6) is 0.0472. The molecule has 0 aliphatic heterocycles. The topological polar surface area (TPSA) is 58.9 Å². The Morgan fingerprint density at radius 3 is 3.00 bits per heavy atom. The molecule has 0 bridgehead atoms. The van der Waals surface area contributed by atoms with Gasteiger partial charge < -0.3 is 10.7 Å². The molecule has 4 heteroatoms. The number of halogens is 1. The second-order valence-electron chi connectivity index (χ2n) is 3.33. The number of aromatic amines is 1. The third kappa shape index (κ3) is 1.76. The van der Waals surface area contributed by atoms with Gasteiger partial charge in [-0.1, -0.05) is 23.7 Å². The van der Waals surface area contributed by atoms with Gasteiger partial charge in [-0.2, -0.15) is 0 Å². The van der Waals surface area contributed by atoms with Crippen LogP contribution in [0.4, 0.5) is 0 Å². The average molecular weight is 223 g/mol. The number of ketones is 1. The molecule has 0 saturated heterocycles. The molecule has 15 heavy (non-hydrogen) atoms. The first kappa shape index (κ1) is 10.2. The van der Waals surface area contributed by atoms with Crippen molar-refractivity contribution in [1.29, 1.82) is 0 Å². The summed E-state index contributed by atoms with van der Waals surface area (Å²) in [7, 11) is 0. The largest absolute Gasteiger partial charge is 0.359 e. The molecule has 0 radical (unpaired) electrons. The molecule has 0 spiro atoms. The zero-order valence-corrected chi connectivity index (χ0v) is 8.84. The van der Waals surface area contributed by atoms with Crippen molar-refractivity contribution in [2.45, 2.75) is 6.42 Å². The van der Waals surface area contributed by atoms with Gasteiger partial charge in [0, 0.05) is 23.6 Å². The van der Waals surface area contributed by atoms with Crippen LogP contribution in [0, 0.1) is 0 Å². The lowest BCUT2D eigenvalue weighted by molar-refractivity contribution is 0.0987. The summed E-state index contributed by atoms with van der Waals surface area (Å²) in [6, 6.07) is 5.50. The fraction of sp³-hybridized carbons (Fsp3) is 0.182. The van der Waals surface area contributed by atoms with Crippen LogP contribution in [0.2, 0.25) is 5.02 Å². The molecule has 0 aliphatic carbocycles. The maximum absolute atomic E-state index is 11.7. The van der Waals surface area contributed by atoms with E-state index in [0.29, 0.717) is 23.6 Å². The highest BCUT2D eigenvalue weighted by Gasteiger charge is 2.12. The number of carbonyl (C=O) groups is 1. The first-order chi connectivity index (χ1) is 7.24. The second-order valence-corrected chi connectivity index (χ2v) is 3.73. The number of carbonyl (C=O) groups excluding carboxylic acids is 1. The van der Waals surface area contributed by atoms with Crippen LogP contribution in [0.15, 0.2) is 24.4 Å². The molecule has 3 nitrogen and oxygen atoms in total. The van der Waals surface area contributed by atoms with Crippen molar-refractivity contribution in [2.75, 3.05) is 6.54 Å². The second kappa shape index (κ2) is 4.04. The van der Waals surface area contributed by atoms with Crippen LogP contribution in [0.3, 0.4) is 0 Å². The molecular formula is C11H11ClN2O. The van der Waals surface area contributed by atoms with Crippen molar-refractivity contribution < 1.29 is 4.79 Å². The minimum atomic E-state index is 0.0472. The zero-order valence-electron chi connectivity index (χ0n) is 8.09. The van der Waals surface area contributed by atoms with Gasteiger partial charge in [-0.05, 0) is 12.6 Å². The lowest BCUT2D eigenvalue weighted by Crippen LogP contribution is -2.07. The lowest BCUT2D eigenvalue weighted by atomic mass is 10.1. The highest BCUT2D eigenvalue weighted by molar-refractivity contribution is 6.35. The van der Waals surface area contributed by atoms with Crippen molar-refractivity contribution in [3.8, 4) is 0 Å². The quantitative estimate of drug-likeness (QED) is 0.784. The van der Waals surface area contributed by atoms with E-state index in [-0.39, 0.29) is 5.78 Å². The van der Waals surface area contributed by atoms with Crippen LogP contribution in [0.1, 0.15) is 16.8 Å². The van der Waals surface area contributed by atoms with E-state index in [1.807, 2.05) is 12.1 Å². The SMILES string of the molecule is NCCC(=O)c1c[nH]c2c(Cl)cccc12. The number of benzene rings is 1. The normalized spacial score (nSPS) is 10.8. The Morgan fingerprint density at radius 2 is 2.27 bits per heavy atom. The Morgan fingerprint density at radius 1 is 1.47 bits per heavy atom. The molecule has 2 aromatic rings. The van der Waals surface area contributed by atoms with Crippen molar-refractivity contribution in [3.63, 3.8) is 0 Å². The van der Waals surface area contributed by atoms with Crippen LogP contribution in [-0.4, -0.2) is 17.3 Å². The fourth-order valence-corrected chi connectivity index (χ4v) is 1.84. The fourth-order valence-electron chi connectivity index (χ4n) is 1.61. The number of hydrogen-bond acceptors (Lipinski definition) is 2. The van der Waals surface area contributed by atoms with E-state index >= 15 is 0 Å². The van der Waals surface area contributed by atoms with Gasteiger partial charge in [-0.25, -0.2) is 0 Å². The monoisotopic (exact) mass is 222 g/mol. The van der Waals surface area contributed by atoms with Crippen LogP contribution < -0.4 is 5.73 Å². The Bertz CT molecular complexity index is 504. The number of fused-ring (bicyclic) bond motifs is 1. The minimum Gasteiger partial charge on any atom is -0.359 e. The number of para-hydroxylation sites is 1. The molecule has 0 unspecified atom stereocenters. The highest BCUT2D eigenvalue weighted by Crippen LogP contribution is 2.25. The van der Waals surface area contributed by atoms with E-state index in [1.165, 1.54) is 0 Å². The van der Waals surface area contributed by atoms with Gasteiger partial charge in [0.25, 0.3) is 0 Å². The summed E-state index contributed by atoms with van der Waals surface area (Å²) < 4.78 is 0. The summed E-state index contributed by atoms with van der Waals surface area (Å²) in [6.07, 6.45) is 2.05. The summed E-state index contributed by atoms with van der Waals surface area (Å²) in [4.78, 5) is 14.7. The average Bonchev–Trinajstić information content (AvgIpc) is 2.63. The van der Waals surface area contributed by atoms with Gasteiger partial charge in [-0.3, -0.25) is 4.79 Å². The van der Waals surface area contributed by atoms with Crippen molar-refractivity contribution in [2.24, 2.45) is 5.73 Å². The number of nitrogens with one attached hydrogen (secondary N) is 1. The number of Topliss-reactive ketones (excluding diaryl/α,β-unsaturated/α-hetero) is 1. The standard InChI is InChI=1S/C11H11ClN2O/c12-9-3-1-2-7-8(6-14-11(7)9)10(15)4-5-13/h1-3,6,14H,4-5,13H2. The Kier molecular flexibility index (Phi) is 2.75. The summed E-state index contributed by atoms with van der Waals surface area (Å²) in [5, 5.41) is 1.49. The molecule has 1 aromatic heterocycles. The third-order valence-electron chi connectivity index (χ3n) is 2.34. The molecule has 78 valence electrons. The molecule has 2 rings (SSSR count). The first-order valence-corrected chi connectivity index (χ1v) is 5.10. The van der Waals surface area contributed by atoms with Crippen LogP contribution in [0.5, 0.6) is 0 Å². The molecule has 1 heterocycles. The van der Waals surface area contributed by atoms with Gasteiger partial charge in [0.2, 0.25) is 0 Å². The molecule has 0 saturated carbocycles. The molecule has 0 fully saturated rings.